The molecule has 1 aliphatic rings. The fraction of sp³-hybridized carbons (Fsp3) is 0.400. The normalized spacial score (nSPS) is 13.9. The van der Waals surface area contributed by atoms with Crippen molar-refractivity contribution < 1.29 is 4.79 Å². The molecule has 0 saturated carbocycles. The van der Waals surface area contributed by atoms with E-state index in [2.05, 4.69) is 5.32 Å². The van der Waals surface area contributed by atoms with Crippen molar-refractivity contribution in [3.05, 3.63) is 46.0 Å². The molecule has 0 aliphatic carbocycles. The highest BCUT2D eigenvalue weighted by atomic mass is 35.5. The van der Waals surface area contributed by atoms with Crippen LogP contribution in [0.3, 0.4) is 0 Å². The summed E-state index contributed by atoms with van der Waals surface area (Å²) in [6, 6.07) is 7.66. The van der Waals surface area contributed by atoms with Gasteiger partial charge in [0, 0.05) is 36.8 Å². The third kappa shape index (κ3) is 3.37. The Balaban J connectivity index is 2.10. The average Bonchev–Trinajstić information content (AvgIpc) is 2.33. The maximum absolute atomic E-state index is 12.4. The zero-order chi connectivity index (χ0) is 13.8. The third-order valence-electron chi connectivity index (χ3n) is 3.46. The molecule has 102 valence electrons. The van der Waals surface area contributed by atoms with Crippen LogP contribution in [0, 0.1) is 0 Å². The van der Waals surface area contributed by atoms with Gasteiger partial charge in [0.2, 0.25) is 5.91 Å². The Kier molecular flexibility index (Phi) is 4.61. The molecule has 1 fully saturated rings. The van der Waals surface area contributed by atoms with Gasteiger partial charge in [0.05, 0.1) is 0 Å². The minimum Gasteiger partial charge on any atom is -0.335 e. The van der Waals surface area contributed by atoms with Gasteiger partial charge in [-0.3, -0.25) is 4.79 Å². The Labute approximate surface area is 119 Å². The molecule has 1 N–H and O–H groups in total. The van der Waals surface area contributed by atoms with Gasteiger partial charge >= 0.3 is 0 Å². The van der Waals surface area contributed by atoms with Gasteiger partial charge < -0.3 is 10.2 Å². The number of benzene rings is 1. The first kappa shape index (κ1) is 14.1. The lowest BCUT2D eigenvalue weighted by Gasteiger charge is -2.26. The lowest BCUT2D eigenvalue weighted by molar-refractivity contribution is -0.127. The van der Waals surface area contributed by atoms with E-state index in [1.54, 1.807) is 0 Å². The lowest BCUT2D eigenvalue weighted by atomic mass is 10.0. The van der Waals surface area contributed by atoms with Gasteiger partial charge in [-0.2, -0.15) is 0 Å². The maximum Gasteiger partial charge on any atom is 0.249 e. The van der Waals surface area contributed by atoms with Gasteiger partial charge in [0.15, 0.2) is 0 Å². The largest absolute Gasteiger partial charge is 0.335 e. The molecule has 1 aliphatic heterocycles. The van der Waals surface area contributed by atoms with E-state index in [-0.39, 0.29) is 5.91 Å². The van der Waals surface area contributed by atoms with Gasteiger partial charge in [0.25, 0.3) is 0 Å². The van der Waals surface area contributed by atoms with Crippen LogP contribution in [-0.4, -0.2) is 30.4 Å². The van der Waals surface area contributed by atoms with Gasteiger partial charge in [-0.05, 0) is 37.1 Å². The molecule has 1 amide bonds. The minimum atomic E-state index is 0.124. The molecule has 0 unspecified atom stereocenters. The van der Waals surface area contributed by atoms with Gasteiger partial charge in [-0.15, -0.1) is 0 Å². The molecule has 1 heterocycles. The summed E-state index contributed by atoms with van der Waals surface area (Å²) in [5.41, 5.74) is 3.16. The number of rotatable bonds is 4. The molecule has 3 nitrogen and oxygen atoms in total. The molecule has 0 atom stereocenters. The highest BCUT2D eigenvalue weighted by Crippen LogP contribution is 2.16. The molecule has 0 radical (unpaired) electrons. The first-order valence-electron chi connectivity index (χ1n) is 6.55. The predicted octanol–water partition coefficient (Wildman–Crippen LogP) is 2.61. The molecular formula is C15H19ClN2O. The van der Waals surface area contributed by atoms with Gasteiger partial charge in [0.1, 0.15) is 0 Å². The zero-order valence-corrected chi connectivity index (χ0v) is 12.1. The van der Waals surface area contributed by atoms with E-state index >= 15 is 0 Å². The summed E-state index contributed by atoms with van der Waals surface area (Å²) < 4.78 is 0. The van der Waals surface area contributed by atoms with E-state index < -0.39 is 0 Å². The molecule has 1 aromatic carbocycles. The van der Waals surface area contributed by atoms with E-state index in [4.69, 9.17) is 11.6 Å². The van der Waals surface area contributed by atoms with E-state index in [9.17, 15) is 4.79 Å². The van der Waals surface area contributed by atoms with Crippen LogP contribution in [0.25, 0.3) is 0 Å². The van der Waals surface area contributed by atoms with E-state index in [1.807, 2.05) is 43.0 Å². The SMILES string of the molecule is CCN(Cc1cccc(Cl)c1)C(=O)C(C)=C1CNC1. The molecule has 0 aromatic heterocycles. The van der Waals surface area contributed by atoms with Crippen LogP contribution in [0.5, 0.6) is 0 Å². The second-order valence-electron chi connectivity index (χ2n) is 4.78. The van der Waals surface area contributed by atoms with Crippen molar-refractivity contribution in [3.8, 4) is 0 Å². The van der Waals surface area contributed by atoms with Crippen molar-refractivity contribution in [1.82, 2.24) is 10.2 Å². The molecular weight excluding hydrogens is 260 g/mol. The number of halogens is 1. The Bertz CT molecular complexity index is 505. The number of amides is 1. The maximum atomic E-state index is 12.4. The third-order valence-corrected chi connectivity index (χ3v) is 3.69. The van der Waals surface area contributed by atoms with Crippen LogP contribution in [0.4, 0.5) is 0 Å². The van der Waals surface area contributed by atoms with Crippen LogP contribution < -0.4 is 5.32 Å². The number of nitrogens with one attached hydrogen (secondary N) is 1. The monoisotopic (exact) mass is 278 g/mol. The summed E-state index contributed by atoms with van der Waals surface area (Å²) in [6.07, 6.45) is 0. The number of hydrogen-bond donors (Lipinski definition) is 1. The second-order valence-corrected chi connectivity index (χ2v) is 5.22. The molecule has 19 heavy (non-hydrogen) atoms. The summed E-state index contributed by atoms with van der Waals surface area (Å²) in [6.45, 7) is 6.90. The number of carbonyl (C=O) groups is 1. The fourth-order valence-corrected chi connectivity index (χ4v) is 2.30. The number of carbonyl (C=O) groups excluding carboxylic acids is 1. The van der Waals surface area contributed by atoms with Crippen molar-refractivity contribution in [2.75, 3.05) is 19.6 Å². The summed E-state index contributed by atoms with van der Waals surface area (Å²) >= 11 is 5.97. The number of likely N-dealkylation sites (N-methyl/N-ethyl adjacent to an activating group) is 1. The van der Waals surface area contributed by atoms with Gasteiger partial charge in [-0.25, -0.2) is 0 Å². The second kappa shape index (κ2) is 6.22. The summed E-state index contributed by atoms with van der Waals surface area (Å²) in [4.78, 5) is 14.3. The standard InChI is InChI=1S/C15H19ClN2O/c1-3-18(10-12-5-4-6-14(16)7-12)15(19)11(2)13-8-17-9-13/h4-7,17H,3,8-10H2,1-2H3. The first-order chi connectivity index (χ1) is 9.11. The Morgan fingerprint density at radius 2 is 2.16 bits per heavy atom. The quantitative estimate of drug-likeness (QED) is 0.859. The molecule has 0 bridgehead atoms. The molecule has 0 spiro atoms. The summed E-state index contributed by atoms with van der Waals surface area (Å²) in [5.74, 6) is 0.124. The molecule has 1 saturated heterocycles. The van der Waals surface area contributed by atoms with E-state index in [0.29, 0.717) is 18.1 Å². The lowest BCUT2D eigenvalue weighted by Crippen LogP contribution is -2.39. The summed E-state index contributed by atoms with van der Waals surface area (Å²) in [5, 5.41) is 3.87. The van der Waals surface area contributed by atoms with Crippen LogP contribution in [0.1, 0.15) is 19.4 Å². The Morgan fingerprint density at radius 1 is 1.42 bits per heavy atom. The van der Waals surface area contributed by atoms with Crippen molar-refractivity contribution in [3.63, 3.8) is 0 Å². The molecule has 2 rings (SSSR count). The van der Waals surface area contributed by atoms with Crippen LogP contribution in [0.15, 0.2) is 35.4 Å². The highest BCUT2D eigenvalue weighted by Gasteiger charge is 2.20. The van der Waals surface area contributed by atoms with E-state index in [1.165, 1.54) is 5.57 Å². The number of nitrogens with zero attached hydrogens (tertiary/aromatic N) is 1. The van der Waals surface area contributed by atoms with E-state index in [0.717, 1.165) is 24.2 Å². The van der Waals surface area contributed by atoms with Crippen LogP contribution in [-0.2, 0) is 11.3 Å². The van der Waals surface area contributed by atoms with Crippen molar-refractivity contribution in [2.45, 2.75) is 20.4 Å². The predicted molar refractivity (Wildman–Crippen MR) is 78.1 cm³/mol. The highest BCUT2D eigenvalue weighted by molar-refractivity contribution is 6.30. The zero-order valence-electron chi connectivity index (χ0n) is 11.4. The van der Waals surface area contributed by atoms with Gasteiger partial charge in [-0.1, -0.05) is 23.7 Å². The summed E-state index contributed by atoms with van der Waals surface area (Å²) in [7, 11) is 0. The van der Waals surface area contributed by atoms with Crippen LogP contribution in [0.2, 0.25) is 5.02 Å². The molecule has 1 aromatic rings. The Hall–Kier alpha value is -1.32. The first-order valence-corrected chi connectivity index (χ1v) is 6.92. The van der Waals surface area contributed by atoms with Crippen molar-refractivity contribution in [2.24, 2.45) is 0 Å². The molecule has 4 heteroatoms. The smallest absolute Gasteiger partial charge is 0.249 e. The fourth-order valence-electron chi connectivity index (χ4n) is 2.09. The Morgan fingerprint density at radius 3 is 2.68 bits per heavy atom. The average molecular weight is 279 g/mol. The minimum absolute atomic E-state index is 0.124. The van der Waals surface area contributed by atoms with Crippen LogP contribution >= 0.6 is 11.6 Å². The topological polar surface area (TPSA) is 32.3 Å². The van der Waals surface area contributed by atoms with Crippen molar-refractivity contribution in [1.29, 1.82) is 0 Å². The number of hydrogen-bond acceptors (Lipinski definition) is 2. The van der Waals surface area contributed by atoms with Crippen molar-refractivity contribution >= 4 is 17.5 Å².